The molecule has 1 aliphatic rings. The van der Waals surface area contributed by atoms with Crippen molar-refractivity contribution >= 4 is 10.0 Å². The van der Waals surface area contributed by atoms with E-state index in [9.17, 15) is 12.8 Å². The fourth-order valence-electron chi connectivity index (χ4n) is 1.84. The van der Waals surface area contributed by atoms with Gasteiger partial charge in [0.2, 0.25) is 5.03 Å². The monoisotopic (exact) mass is 275 g/mol. The van der Waals surface area contributed by atoms with Crippen molar-refractivity contribution in [1.82, 2.24) is 15.0 Å². The van der Waals surface area contributed by atoms with Crippen molar-refractivity contribution in [2.75, 3.05) is 20.2 Å². The predicted molar refractivity (Wildman–Crippen MR) is 62.0 cm³/mol. The van der Waals surface area contributed by atoms with Crippen LogP contribution < -0.4 is 10.0 Å². The van der Waals surface area contributed by atoms with Crippen molar-refractivity contribution in [3.8, 4) is 0 Å². The fourth-order valence-corrected chi connectivity index (χ4v) is 3.11. The molecule has 1 fully saturated rings. The molecule has 100 valence electrons. The number of halogens is 1. The molecule has 0 amide bonds. The Kier molecular flexibility index (Phi) is 3.91. The number of nitrogens with one attached hydrogen (secondary N) is 2. The zero-order valence-corrected chi connectivity index (χ0v) is 10.6. The van der Waals surface area contributed by atoms with Crippen LogP contribution in [-0.2, 0) is 14.8 Å². The second-order valence-corrected chi connectivity index (χ2v) is 5.58. The summed E-state index contributed by atoms with van der Waals surface area (Å²) in [6, 6.07) is 1.97. The van der Waals surface area contributed by atoms with E-state index in [1.54, 1.807) is 0 Å². The minimum Gasteiger partial charge on any atom is -0.378 e. The van der Waals surface area contributed by atoms with Crippen molar-refractivity contribution < 1.29 is 17.5 Å². The van der Waals surface area contributed by atoms with Gasteiger partial charge in [0.05, 0.1) is 12.1 Å². The van der Waals surface area contributed by atoms with Crippen LogP contribution >= 0.6 is 0 Å². The summed E-state index contributed by atoms with van der Waals surface area (Å²) in [6.07, 6.45) is 0.963. The number of ether oxygens (including phenoxy) is 1. The van der Waals surface area contributed by atoms with Gasteiger partial charge in [-0.1, -0.05) is 0 Å². The molecule has 18 heavy (non-hydrogen) atoms. The molecule has 0 aliphatic carbocycles. The molecule has 0 aromatic carbocycles. The van der Waals surface area contributed by atoms with Crippen molar-refractivity contribution in [1.29, 1.82) is 0 Å². The topological polar surface area (TPSA) is 80.3 Å². The van der Waals surface area contributed by atoms with E-state index in [2.05, 4.69) is 15.0 Å². The Morgan fingerprint density at radius 2 is 2.33 bits per heavy atom. The van der Waals surface area contributed by atoms with E-state index in [-0.39, 0.29) is 6.10 Å². The molecule has 1 aromatic rings. The number of nitrogens with zero attached hydrogens (tertiary/aromatic N) is 1. The van der Waals surface area contributed by atoms with Gasteiger partial charge in [-0.2, -0.15) is 0 Å². The number of aromatic nitrogens is 1. The highest BCUT2D eigenvalue weighted by atomic mass is 32.2. The summed E-state index contributed by atoms with van der Waals surface area (Å²) in [5, 5.41) is 2.40. The maximum atomic E-state index is 13.4. The molecule has 0 saturated carbocycles. The highest BCUT2D eigenvalue weighted by Gasteiger charge is 2.32. The van der Waals surface area contributed by atoms with Gasteiger partial charge in [0.15, 0.2) is 5.82 Å². The quantitative estimate of drug-likeness (QED) is 0.773. The third-order valence-electron chi connectivity index (χ3n) is 2.75. The fraction of sp³-hybridized carbons (Fsp3) is 0.500. The van der Waals surface area contributed by atoms with Gasteiger partial charge >= 0.3 is 0 Å². The average Bonchev–Trinajstić information content (AvgIpc) is 2.76. The molecule has 2 N–H and O–H groups in total. The lowest BCUT2D eigenvalue weighted by atomic mass is 10.2. The Hall–Kier alpha value is -1.09. The van der Waals surface area contributed by atoms with E-state index >= 15 is 0 Å². The third-order valence-corrected chi connectivity index (χ3v) is 4.17. The Morgan fingerprint density at radius 3 is 3.00 bits per heavy atom. The highest BCUT2D eigenvalue weighted by molar-refractivity contribution is 7.89. The summed E-state index contributed by atoms with van der Waals surface area (Å²) in [4.78, 5) is 3.56. The molecular weight excluding hydrogens is 261 g/mol. The lowest BCUT2D eigenvalue weighted by Crippen LogP contribution is -2.43. The molecule has 2 rings (SSSR count). The maximum Gasteiger partial charge on any atom is 0.261 e. The normalized spacial score (nSPS) is 24.3. The second kappa shape index (κ2) is 5.27. The predicted octanol–water partition coefficient (Wildman–Crippen LogP) is -0.514. The van der Waals surface area contributed by atoms with E-state index in [0.717, 1.165) is 6.07 Å². The van der Waals surface area contributed by atoms with Crippen molar-refractivity contribution in [3.05, 3.63) is 24.1 Å². The van der Waals surface area contributed by atoms with Gasteiger partial charge in [-0.05, 0) is 12.1 Å². The molecule has 1 aromatic heterocycles. The first-order chi connectivity index (χ1) is 8.54. The van der Waals surface area contributed by atoms with Crippen molar-refractivity contribution in [2.24, 2.45) is 0 Å². The van der Waals surface area contributed by atoms with Gasteiger partial charge in [-0.3, -0.25) is 0 Å². The molecule has 1 aliphatic heterocycles. The molecular formula is C10H14FN3O3S. The third kappa shape index (κ3) is 2.66. The molecule has 8 heteroatoms. The smallest absolute Gasteiger partial charge is 0.261 e. The minimum atomic E-state index is -3.97. The van der Waals surface area contributed by atoms with Crippen LogP contribution in [0, 0.1) is 5.82 Å². The summed E-state index contributed by atoms with van der Waals surface area (Å²) in [5.41, 5.74) is 0. The van der Waals surface area contributed by atoms with Gasteiger partial charge in [0, 0.05) is 26.4 Å². The van der Waals surface area contributed by atoms with Crippen LogP contribution in [-0.4, -0.2) is 45.7 Å². The minimum absolute atomic E-state index is 0.272. The van der Waals surface area contributed by atoms with Crippen LogP contribution in [0.2, 0.25) is 0 Å². The van der Waals surface area contributed by atoms with Crippen LogP contribution in [0.1, 0.15) is 0 Å². The summed E-state index contributed by atoms with van der Waals surface area (Å²) >= 11 is 0. The van der Waals surface area contributed by atoms with E-state index in [0.29, 0.717) is 13.1 Å². The molecule has 2 heterocycles. The zero-order chi connectivity index (χ0) is 13.2. The molecule has 0 spiro atoms. The molecule has 1 saturated heterocycles. The summed E-state index contributed by atoms with van der Waals surface area (Å²) in [5.74, 6) is -0.870. The van der Waals surface area contributed by atoms with E-state index in [1.807, 2.05) is 0 Å². The van der Waals surface area contributed by atoms with E-state index in [4.69, 9.17) is 4.74 Å². The van der Waals surface area contributed by atoms with Crippen molar-refractivity contribution in [2.45, 2.75) is 17.2 Å². The summed E-state index contributed by atoms with van der Waals surface area (Å²) < 4.78 is 44.9. The van der Waals surface area contributed by atoms with Gasteiger partial charge in [0.1, 0.15) is 0 Å². The maximum absolute atomic E-state index is 13.4. The SMILES string of the molecule is CO[C@H]1CNCC1NS(=O)(=O)c1ncccc1F. The number of hydrogen-bond acceptors (Lipinski definition) is 5. The van der Waals surface area contributed by atoms with Crippen LogP contribution in [0.4, 0.5) is 4.39 Å². The van der Waals surface area contributed by atoms with E-state index in [1.165, 1.54) is 19.4 Å². The van der Waals surface area contributed by atoms with Gasteiger partial charge in [-0.25, -0.2) is 22.5 Å². The number of pyridine rings is 1. The van der Waals surface area contributed by atoms with Crippen molar-refractivity contribution in [3.63, 3.8) is 0 Å². The average molecular weight is 275 g/mol. The van der Waals surface area contributed by atoms with Crippen LogP contribution in [0.25, 0.3) is 0 Å². The summed E-state index contributed by atoms with van der Waals surface area (Å²) in [6.45, 7) is 0.987. The molecule has 0 radical (unpaired) electrons. The van der Waals surface area contributed by atoms with Gasteiger partial charge in [0.25, 0.3) is 10.0 Å². The van der Waals surface area contributed by atoms with Crippen LogP contribution in [0.15, 0.2) is 23.4 Å². The number of hydrogen-bond donors (Lipinski definition) is 2. The summed E-state index contributed by atoms with van der Waals surface area (Å²) in [7, 11) is -2.47. The largest absolute Gasteiger partial charge is 0.378 e. The zero-order valence-electron chi connectivity index (χ0n) is 9.76. The Labute approximate surface area is 105 Å². The molecule has 6 nitrogen and oxygen atoms in total. The molecule has 1 unspecified atom stereocenters. The Morgan fingerprint density at radius 1 is 1.56 bits per heavy atom. The lowest BCUT2D eigenvalue weighted by molar-refractivity contribution is 0.103. The number of rotatable bonds is 4. The highest BCUT2D eigenvalue weighted by Crippen LogP contribution is 2.13. The van der Waals surface area contributed by atoms with E-state index < -0.39 is 26.9 Å². The first kappa shape index (κ1) is 13.3. The van der Waals surface area contributed by atoms with Gasteiger partial charge < -0.3 is 10.1 Å². The first-order valence-corrected chi connectivity index (χ1v) is 6.89. The van der Waals surface area contributed by atoms with Crippen LogP contribution in [0.3, 0.4) is 0 Å². The Balaban J connectivity index is 2.20. The number of methoxy groups -OCH3 is 1. The number of sulfonamides is 1. The molecule has 2 atom stereocenters. The first-order valence-electron chi connectivity index (χ1n) is 5.41. The Bertz CT molecular complexity index is 523. The molecule has 0 bridgehead atoms. The van der Waals surface area contributed by atoms with Gasteiger partial charge in [-0.15, -0.1) is 0 Å². The van der Waals surface area contributed by atoms with Crippen LogP contribution in [0.5, 0.6) is 0 Å². The standard InChI is InChI=1S/C10H14FN3O3S/c1-17-9-6-12-5-8(9)14-18(15,16)10-7(11)3-2-4-13-10/h2-4,8-9,12,14H,5-6H2,1H3/t8?,9-/m0/s1. The second-order valence-electron chi connectivity index (χ2n) is 3.95. The lowest BCUT2D eigenvalue weighted by Gasteiger charge is -2.18.